The summed E-state index contributed by atoms with van der Waals surface area (Å²) in [6.07, 6.45) is 6.46. The van der Waals surface area contributed by atoms with Crippen molar-refractivity contribution < 1.29 is 0 Å². The first-order valence-electron chi connectivity index (χ1n) is 6.30. The van der Waals surface area contributed by atoms with Crippen molar-refractivity contribution in [2.45, 2.75) is 51.9 Å². The minimum absolute atomic E-state index is 0.539. The normalized spacial score (nSPS) is 12.6. The molecule has 1 rings (SSSR count). The minimum atomic E-state index is 0.539. The van der Waals surface area contributed by atoms with Crippen LogP contribution in [0.15, 0.2) is 18.2 Å². The number of hydrogen-bond acceptors (Lipinski definition) is 2. The maximum atomic E-state index is 5.97. The minimum Gasteiger partial charge on any atom is -0.399 e. The molecule has 1 unspecified atom stereocenters. The second kappa shape index (κ2) is 6.41. The summed E-state index contributed by atoms with van der Waals surface area (Å²) in [6.45, 7) is 4.48. The van der Waals surface area contributed by atoms with Crippen molar-refractivity contribution in [1.29, 1.82) is 0 Å². The molecule has 0 fully saturated rings. The van der Waals surface area contributed by atoms with Crippen LogP contribution in [-0.4, -0.2) is 0 Å². The van der Waals surface area contributed by atoms with Crippen LogP contribution in [0.3, 0.4) is 0 Å². The third kappa shape index (κ3) is 3.76. The Bertz CT molecular complexity index is 321. The number of rotatable bonds is 6. The van der Waals surface area contributed by atoms with Crippen LogP contribution in [0.2, 0.25) is 0 Å². The van der Waals surface area contributed by atoms with E-state index in [4.69, 9.17) is 11.5 Å². The summed E-state index contributed by atoms with van der Waals surface area (Å²) in [6, 6.07) is 5.86. The maximum Gasteiger partial charge on any atom is 0.0369 e. The van der Waals surface area contributed by atoms with Crippen LogP contribution in [0.4, 0.5) is 11.4 Å². The van der Waals surface area contributed by atoms with E-state index in [1.54, 1.807) is 0 Å². The van der Waals surface area contributed by atoms with Gasteiger partial charge in [0.2, 0.25) is 0 Å². The van der Waals surface area contributed by atoms with Gasteiger partial charge in [-0.3, -0.25) is 0 Å². The second-order valence-corrected chi connectivity index (χ2v) is 4.64. The zero-order valence-corrected chi connectivity index (χ0v) is 10.5. The summed E-state index contributed by atoms with van der Waals surface area (Å²) in [5, 5.41) is 0. The lowest BCUT2D eigenvalue weighted by Crippen LogP contribution is -2.00. The molecule has 0 amide bonds. The molecule has 0 heterocycles. The average Bonchev–Trinajstić information content (AvgIpc) is 2.24. The molecule has 0 spiro atoms. The van der Waals surface area contributed by atoms with Gasteiger partial charge in [0.05, 0.1) is 0 Å². The van der Waals surface area contributed by atoms with E-state index in [0.29, 0.717) is 5.92 Å². The van der Waals surface area contributed by atoms with E-state index in [1.807, 2.05) is 12.1 Å². The molecule has 0 aromatic heterocycles. The number of anilines is 2. The first-order chi connectivity index (χ1) is 7.65. The average molecular weight is 220 g/mol. The van der Waals surface area contributed by atoms with Gasteiger partial charge in [-0.2, -0.15) is 0 Å². The molecule has 16 heavy (non-hydrogen) atoms. The van der Waals surface area contributed by atoms with Crippen LogP contribution in [-0.2, 0) is 0 Å². The first-order valence-corrected chi connectivity index (χ1v) is 6.30. The molecule has 0 aliphatic heterocycles. The Kier molecular flexibility index (Phi) is 5.17. The number of nitrogens with two attached hydrogens (primary N) is 2. The van der Waals surface area contributed by atoms with Crippen molar-refractivity contribution in [2.75, 3.05) is 11.5 Å². The van der Waals surface area contributed by atoms with Crippen molar-refractivity contribution in [3.8, 4) is 0 Å². The fourth-order valence-electron chi connectivity index (χ4n) is 2.07. The van der Waals surface area contributed by atoms with Crippen LogP contribution in [0.25, 0.3) is 0 Å². The van der Waals surface area contributed by atoms with E-state index in [2.05, 4.69) is 19.9 Å². The molecule has 1 aromatic carbocycles. The number of unbranched alkanes of at least 4 members (excludes halogenated alkanes) is 3. The van der Waals surface area contributed by atoms with E-state index in [-0.39, 0.29) is 0 Å². The van der Waals surface area contributed by atoms with Gasteiger partial charge >= 0.3 is 0 Å². The third-order valence-corrected chi connectivity index (χ3v) is 3.13. The lowest BCUT2D eigenvalue weighted by atomic mass is 9.93. The Balaban J connectivity index is 2.49. The third-order valence-electron chi connectivity index (χ3n) is 3.13. The molecule has 2 nitrogen and oxygen atoms in total. The Labute approximate surface area is 99.0 Å². The molecule has 1 atom stereocenters. The molecule has 0 bridgehead atoms. The lowest BCUT2D eigenvalue weighted by molar-refractivity contribution is 0.581. The highest BCUT2D eigenvalue weighted by Gasteiger charge is 2.08. The molecule has 2 heteroatoms. The summed E-state index contributed by atoms with van der Waals surface area (Å²) >= 11 is 0. The lowest BCUT2D eigenvalue weighted by Gasteiger charge is -2.14. The smallest absolute Gasteiger partial charge is 0.0369 e. The van der Waals surface area contributed by atoms with Crippen LogP contribution in [0, 0.1) is 0 Å². The van der Waals surface area contributed by atoms with Crippen LogP contribution in [0.5, 0.6) is 0 Å². The molecule has 0 aliphatic carbocycles. The first kappa shape index (κ1) is 12.9. The SMILES string of the molecule is CCCCCCC(C)c1ccc(N)cc1N. The fraction of sp³-hybridized carbons (Fsp3) is 0.571. The van der Waals surface area contributed by atoms with Gasteiger partial charge in [0.1, 0.15) is 0 Å². The second-order valence-electron chi connectivity index (χ2n) is 4.64. The highest BCUT2D eigenvalue weighted by molar-refractivity contribution is 5.57. The molecule has 0 radical (unpaired) electrons. The van der Waals surface area contributed by atoms with Crippen molar-refractivity contribution in [3.05, 3.63) is 23.8 Å². The molecule has 0 saturated carbocycles. The molecule has 90 valence electrons. The van der Waals surface area contributed by atoms with Gasteiger partial charge in [0.25, 0.3) is 0 Å². The van der Waals surface area contributed by atoms with Gasteiger partial charge in [-0.1, -0.05) is 45.6 Å². The summed E-state index contributed by atoms with van der Waals surface area (Å²) in [5.74, 6) is 0.539. The summed E-state index contributed by atoms with van der Waals surface area (Å²) in [4.78, 5) is 0. The number of hydrogen-bond donors (Lipinski definition) is 2. The predicted molar refractivity (Wildman–Crippen MR) is 72.4 cm³/mol. The van der Waals surface area contributed by atoms with E-state index in [0.717, 1.165) is 11.4 Å². The van der Waals surface area contributed by atoms with E-state index in [9.17, 15) is 0 Å². The van der Waals surface area contributed by atoms with Crippen molar-refractivity contribution in [2.24, 2.45) is 0 Å². The Hall–Kier alpha value is -1.18. The van der Waals surface area contributed by atoms with E-state index in [1.165, 1.54) is 37.7 Å². The molecule has 0 saturated heterocycles. The molecule has 1 aromatic rings. The Morgan fingerprint density at radius 3 is 2.50 bits per heavy atom. The highest BCUT2D eigenvalue weighted by atomic mass is 14.6. The van der Waals surface area contributed by atoms with Crippen molar-refractivity contribution in [1.82, 2.24) is 0 Å². The topological polar surface area (TPSA) is 52.0 Å². The van der Waals surface area contributed by atoms with E-state index < -0.39 is 0 Å². The van der Waals surface area contributed by atoms with Crippen molar-refractivity contribution >= 4 is 11.4 Å². The predicted octanol–water partition coefficient (Wildman–Crippen LogP) is 3.92. The Morgan fingerprint density at radius 2 is 1.88 bits per heavy atom. The number of nitrogen functional groups attached to an aromatic ring is 2. The monoisotopic (exact) mass is 220 g/mol. The molecular formula is C14H24N2. The van der Waals surface area contributed by atoms with Gasteiger partial charge in [-0.25, -0.2) is 0 Å². The van der Waals surface area contributed by atoms with Crippen molar-refractivity contribution in [3.63, 3.8) is 0 Å². The zero-order valence-electron chi connectivity index (χ0n) is 10.5. The summed E-state index contributed by atoms with van der Waals surface area (Å²) in [7, 11) is 0. The highest BCUT2D eigenvalue weighted by Crippen LogP contribution is 2.28. The van der Waals surface area contributed by atoms with Crippen LogP contribution < -0.4 is 11.5 Å². The largest absolute Gasteiger partial charge is 0.399 e. The molecule has 0 aliphatic rings. The zero-order chi connectivity index (χ0) is 12.0. The van der Waals surface area contributed by atoms with Gasteiger partial charge in [-0.15, -0.1) is 0 Å². The van der Waals surface area contributed by atoms with Gasteiger partial charge in [0.15, 0.2) is 0 Å². The Morgan fingerprint density at radius 1 is 1.12 bits per heavy atom. The molecule has 4 N–H and O–H groups in total. The fourth-order valence-corrected chi connectivity index (χ4v) is 2.07. The standard InChI is InChI=1S/C14H24N2/c1-3-4-5-6-7-11(2)13-9-8-12(15)10-14(13)16/h8-11H,3-7,15-16H2,1-2H3. The maximum absolute atomic E-state index is 5.97. The van der Waals surface area contributed by atoms with Gasteiger partial charge in [-0.05, 0) is 30.0 Å². The van der Waals surface area contributed by atoms with Crippen LogP contribution in [0.1, 0.15) is 57.4 Å². The van der Waals surface area contributed by atoms with E-state index >= 15 is 0 Å². The van der Waals surface area contributed by atoms with Gasteiger partial charge in [0, 0.05) is 11.4 Å². The van der Waals surface area contributed by atoms with Gasteiger partial charge < -0.3 is 11.5 Å². The molecular weight excluding hydrogens is 196 g/mol. The van der Waals surface area contributed by atoms with Crippen LogP contribution >= 0.6 is 0 Å². The quantitative estimate of drug-likeness (QED) is 0.564. The summed E-state index contributed by atoms with van der Waals surface area (Å²) in [5.41, 5.74) is 14.5. The summed E-state index contributed by atoms with van der Waals surface area (Å²) < 4.78 is 0. The number of benzene rings is 1.